The number of hydrogen-bond acceptors (Lipinski definition) is 4. The van der Waals surface area contributed by atoms with Crippen LogP contribution in [0.25, 0.3) is 0 Å². The standard InChI is InChI=1S/C10H17N3S/c1-8(7-14-3)6-12-10-11-5-4-9(2)13-10/h4-5,8H,6-7H2,1-3H3,(H,11,12,13). The quantitative estimate of drug-likeness (QED) is 0.810. The summed E-state index contributed by atoms with van der Waals surface area (Å²) in [7, 11) is 0. The molecule has 0 aliphatic heterocycles. The first-order valence-electron chi connectivity index (χ1n) is 4.75. The van der Waals surface area contributed by atoms with E-state index in [1.165, 1.54) is 5.75 Å². The Morgan fingerprint density at radius 1 is 1.57 bits per heavy atom. The number of nitrogens with one attached hydrogen (secondary N) is 1. The average Bonchev–Trinajstić information content (AvgIpc) is 2.15. The highest BCUT2D eigenvalue weighted by atomic mass is 32.2. The minimum Gasteiger partial charge on any atom is -0.354 e. The van der Waals surface area contributed by atoms with Crippen LogP contribution < -0.4 is 5.32 Å². The monoisotopic (exact) mass is 211 g/mol. The molecule has 0 aliphatic carbocycles. The minimum absolute atomic E-state index is 0.647. The zero-order chi connectivity index (χ0) is 10.4. The van der Waals surface area contributed by atoms with Crippen LogP contribution >= 0.6 is 11.8 Å². The van der Waals surface area contributed by atoms with Gasteiger partial charge in [0, 0.05) is 18.4 Å². The fourth-order valence-corrected chi connectivity index (χ4v) is 1.83. The first-order valence-corrected chi connectivity index (χ1v) is 6.14. The number of aromatic nitrogens is 2. The highest BCUT2D eigenvalue weighted by molar-refractivity contribution is 7.98. The smallest absolute Gasteiger partial charge is 0.222 e. The molecule has 3 nitrogen and oxygen atoms in total. The van der Waals surface area contributed by atoms with Crippen molar-refractivity contribution in [1.29, 1.82) is 0 Å². The Hall–Kier alpha value is -0.770. The number of aryl methyl sites for hydroxylation is 1. The van der Waals surface area contributed by atoms with Gasteiger partial charge >= 0.3 is 0 Å². The fraction of sp³-hybridized carbons (Fsp3) is 0.600. The van der Waals surface area contributed by atoms with E-state index >= 15 is 0 Å². The number of anilines is 1. The molecule has 0 spiro atoms. The van der Waals surface area contributed by atoms with Gasteiger partial charge in [-0.05, 0) is 30.9 Å². The van der Waals surface area contributed by atoms with Crippen LogP contribution in [-0.2, 0) is 0 Å². The van der Waals surface area contributed by atoms with Crippen LogP contribution in [0.3, 0.4) is 0 Å². The summed E-state index contributed by atoms with van der Waals surface area (Å²) in [4.78, 5) is 8.42. The topological polar surface area (TPSA) is 37.8 Å². The van der Waals surface area contributed by atoms with E-state index in [2.05, 4.69) is 28.5 Å². The Labute approximate surface area is 89.7 Å². The van der Waals surface area contributed by atoms with E-state index in [-0.39, 0.29) is 0 Å². The molecule has 1 aromatic heterocycles. The maximum Gasteiger partial charge on any atom is 0.222 e. The van der Waals surface area contributed by atoms with Gasteiger partial charge in [0.05, 0.1) is 0 Å². The van der Waals surface area contributed by atoms with Crippen molar-refractivity contribution in [1.82, 2.24) is 9.97 Å². The second-order valence-corrected chi connectivity index (χ2v) is 4.37. The maximum atomic E-state index is 4.28. The molecule has 0 amide bonds. The molecule has 4 heteroatoms. The summed E-state index contributed by atoms with van der Waals surface area (Å²) in [6.45, 7) is 5.13. The molecule has 1 unspecified atom stereocenters. The highest BCUT2D eigenvalue weighted by Crippen LogP contribution is 2.05. The lowest BCUT2D eigenvalue weighted by atomic mass is 10.2. The molecular weight excluding hydrogens is 194 g/mol. The van der Waals surface area contributed by atoms with Crippen LogP contribution in [0.2, 0.25) is 0 Å². The molecule has 1 aromatic rings. The lowest BCUT2D eigenvalue weighted by Gasteiger charge is -2.10. The number of rotatable bonds is 5. The highest BCUT2D eigenvalue weighted by Gasteiger charge is 2.01. The van der Waals surface area contributed by atoms with E-state index in [0.717, 1.165) is 18.2 Å². The van der Waals surface area contributed by atoms with E-state index in [9.17, 15) is 0 Å². The lowest BCUT2D eigenvalue weighted by molar-refractivity contribution is 0.696. The van der Waals surface area contributed by atoms with Crippen molar-refractivity contribution in [2.75, 3.05) is 23.9 Å². The summed E-state index contributed by atoms with van der Waals surface area (Å²) in [6, 6.07) is 1.90. The first kappa shape index (κ1) is 11.3. The van der Waals surface area contributed by atoms with Crippen molar-refractivity contribution in [2.24, 2.45) is 5.92 Å². The molecule has 78 valence electrons. The van der Waals surface area contributed by atoms with E-state index < -0.39 is 0 Å². The van der Waals surface area contributed by atoms with Gasteiger partial charge in [0.25, 0.3) is 0 Å². The average molecular weight is 211 g/mol. The molecule has 0 fully saturated rings. The van der Waals surface area contributed by atoms with Gasteiger partial charge in [0.15, 0.2) is 0 Å². The Morgan fingerprint density at radius 2 is 2.36 bits per heavy atom. The Balaban J connectivity index is 2.37. The van der Waals surface area contributed by atoms with Crippen LogP contribution in [0.1, 0.15) is 12.6 Å². The second kappa shape index (κ2) is 5.86. The Bertz CT molecular complexity index is 278. The van der Waals surface area contributed by atoms with Crippen LogP contribution in [0.5, 0.6) is 0 Å². The summed E-state index contributed by atoms with van der Waals surface area (Å²) in [5, 5.41) is 3.23. The van der Waals surface area contributed by atoms with E-state index in [0.29, 0.717) is 5.92 Å². The van der Waals surface area contributed by atoms with Gasteiger partial charge in [-0.25, -0.2) is 9.97 Å². The third-order valence-corrected chi connectivity index (χ3v) is 2.76. The summed E-state index contributed by atoms with van der Waals surface area (Å²) in [6.07, 6.45) is 3.91. The fourth-order valence-electron chi connectivity index (χ4n) is 1.14. The van der Waals surface area contributed by atoms with E-state index in [4.69, 9.17) is 0 Å². The Kier molecular flexibility index (Phi) is 4.73. The molecular formula is C10H17N3S. The zero-order valence-corrected chi connectivity index (χ0v) is 9.77. The van der Waals surface area contributed by atoms with Gasteiger partial charge in [0.1, 0.15) is 0 Å². The minimum atomic E-state index is 0.647. The molecule has 0 bridgehead atoms. The van der Waals surface area contributed by atoms with Gasteiger partial charge in [-0.2, -0.15) is 11.8 Å². The molecule has 0 radical (unpaired) electrons. The summed E-state index contributed by atoms with van der Waals surface area (Å²) < 4.78 is 0. The third-order valence-electron chi connectivity index (χ3n) is 1.85. The molecule has 0 saturated carbocycles. The molecule has 1 N–H and O–H groups in total. The van der Waals surface area contributed by atoms with E-state index in [1.54, 1.807) is 6.20 Å². The third kappa shape index (κ3) is 3.96. The first-order chi connectivity index (χ1) is 6.72. The van der Waals surface area contributed by atoms with Crippen molar-refractivity contribution < 1.29 is 0 Å². The Morgan fingerprint density at radius 3 is 3.00 bits per heavy atom. The lowest BCUT2D eigenvalue weighted by Crippen LogP contribution is -2.15. The van der Waals surface area contributed by atoms with Gasteiger partial charge in [-0.3, -0.25) is 0 Å². The van der Waals surface area contributed by atoms with Gasteiger partial charge in [-0.1, -0.05) is 6.92 Å². The molecule has 0 aliphatic rings. The van der Waals surface area contributed by atoms with Crippen molar-refractivity contribution in [3.63, 3.8) is 0 Å². The SMILES string of the molecule is CSCC(C)CNc1nccc(C)n1. The summed E-state index contributed by atoms with van der Waals surface area (Å²) in [5.74, 6) is 2.55. The predicted molar refractivity (Wildman–Crippen MR) is 62.8 cm³/mol. The normalized spacial score (nSPS) is 12.5. The summed E-state index contributed by atoms with van der Waals surface area (Å²) >= 11 is 1.87. The summed E-state index contributed by atoms with van der Waals surface area (Å²) in [5.41, 5.74) is 1.00. The molecule has 1 heterocycles. The van der Waals surface area contributed by atoms with Crippen LogP contribution in [0.15, 0.2) is 12.3 Å². The van der Waals surface area contributed by atoms with Gasteiger partial charge in [0.2, 0.25) is 5.95 Å². The number of hydrogen-bond donors (Lipinski definition) is 1. The van der Waals surface area contributed by atoms with E-state index in [1.807, 2.05) is 24.8 Å². The maximum absolute atomic E-state index is 4.28. The largest absolute Gasteiger partial charge is 0.354 e. The molecule has 0 saturated heterocycles. The zero-order valence-electron chi connectivity index (χ0n) is 8.95. The molecule has 1 rings (SSSR count). The van der Waals surface area contributed by atoms with Gasteiger partial charge < -0.3 is 5.32 Å². The van der Waals surface area contributed by atoms with Crippen LogP contribution in [0.4, 0.5) is 5.95 Å². The van der Waals surface area contributed by atoms with Crippen molar-refractivity contribution >= 4 is 17.7 Å². The molecule has 0 aromatic carbocycles. The van der Waals surface area contributed by atoms with Crippen LogP contribution in [0, 0.1) is 12.8 Å². The predicted octanol–water partition coefficient (Wildman–Crippen LogP) is 2.20. The molecule has 14 heavy (non-hydrogen) atoms. The van der Waals surface area contributed by atoms with Crippen molar-refractivity contribution in [2.45, 2.75) is 13.8 Å². The molecule has 1 atom stereocenters. The van der Waals surface area contributed by atoms with Crippen LogP contribution in [-0.4, -0.2) is 28.5 Å². The van der Waals surface area contributed by atoms with Crippen molar-refractivity contribution in [3.05, 3.63) is 18.0 Å². The number of thioether (sulfide) groups is 1. The van der Waals surface area contributed by atoms with Gasteiger partial charge in [-0.15, -0.1) is 0 Å². The number of nitrogens with zero attached hydrogens (tertiary/aromatic N) is 2. The van der Waals surface area contributed by atoms with Crippen molar-refractivity contribution in [3.8, 4) is 0 Å². The second-order valence-electron chi connectivity index (χ2n) is 3.46.